The van der Waals surface area contributed by atoms with Crippen LogP contribution in [-0.4, -0.2) is 51.4 Å². The molecular weight excluding hydrogens is 434 g/mol. The van der Waals surface area contributed by atoms with Crippen molar-refractivity contribution in [1.29, 1.82) is 0 Å². The summed E-state index contributed by atoms with van der Waals surface area (Å²) in [7, 11) is -3.43. The number of anilines is 1. The molecule has 6 nitrogen and oxygen atoms in total. The number of carbonyl (C=O) groups excluding carboxylic acids is 1. The Labute approximate surface area is 198 Å². The van der Waals surface area contributed by atoms with Crippen LogP contribution in [-0.2, 0) is 21.2 Å². The minimum absolute atomic E-state index is 0.0504. The molecule has 2 heterocycles. The van der Waals surface area contributed by atoms with Crippen molar-refractivity contribution in [3.05, 3.63) is 60.2 Å². The third-order valence-corrected chi connectivity index (χ3v) is 8.67. The van der Waals surface area contributed by atoms with Gasteiger partial charge in [-0.15, -0.1) is 0 Å². The van der Waals surface area contributed by atoms with Crippen molar-refractivity contribution < 1.29 is 13.2 Å². The number of para-hydroxylation sites is 1. The fraction of sp³-hybridized carbons (Fsp3) is 0.500. The Kier molecular flexibility index (Phi) is 8.04. The summed E-state index contributed by atoms with van der Waals surface area (Å²) < 4.78 is 27.4. The van der Waals surface area contributed by atoms with Gasteiger partial charge in [0, 0.05) is 44.8 Å². The second-order valence-corrected chi connectivity index (χ2v) is 11.1. The first-order valence-corrected chi connectivity index (χ1v) is 13.6. The molecule has 1 unspecified atom stereocenters. The molecule has 2 saturated heterocycles. The molecule has 0 bridgehead atoms. The van der Waals surface area contributed by atoms with Gasteiger partial charge >= 0.3 is 0 Å². The van der Waals surface area contributed by atoms with E-state index in [2.05, 4.69) is 34.5 Å². The standard InChI is InChI=1S/C26H35N3O3S/c30-26(27-20-23-16-19-28(21-23)24-8-4-3-5-9-24)15-12-22-10-13-25(14-11-22)33(31,32)29-17-6-1-2-7-18-29/h3-5,8-11,13-14,23H,1-2,6-7,12,15-21H2,(H,27,30). The number of rotatable bonds is 8. The molecule has 178 valence electrons. The zero-order chi connectivity index (χ0) is 23.1. The van der Waals surface area contributed by atoms with Crippen molar-refractivity contribution in [2.45, 2.75) is 49.8 Å². The van der Waals surface area contributed by atoms with Gasteiger partial charge in [0.25, 0.3) is 0 Å². The van der Waals surface area contributed by atoms with Crippen LogP contribution in [0.4, 0.5) is 5.69 Å². The van der Waals surface area contributed by atoms with Gasteiger partial charge in [-0.05, 0) is 61.4 Å². The Balaban J connectivity index is 1.21. The van der Waals surface area contributed by atoms with Gasteiger partial charge in [0.15, 0.2) is 0 Å². The van der Waals surface area contributed by atoms with E-state index in [1.807, 2.05) is 18.2 Å². The summed E-state index contributed by atoms with van der Waals surface area (Å²) in [4.78, 5) is 15.1. The van der Waals surface area contributed by atoms with Gasteiger partial charge in [-0.25, -0.2) is 8.42 Å². The lowest BCUT2D eigenvalue weighted by molar-refractivity contribution is -0.121. The normalized spacial score (nSPS) is 19.9. The summed E-state index contributed by atoms with van der Waals surface area (Å²) in [6, 6.07) is 17.5. The van der Waals surface area contributed by atoms with E-state index in [-0.39, 0.29) is 5.91 Å². The third-order valence-electron chi connectivity index (χ3n) is 6.76. The van der Waals surface area contributed by atoms with Gasteiger partial charge in [0.05, 0.1) is 4.90 Å². The number of carbonyl (C=O) groups is 1. The molecule has 0 aliphatic carbocycles. The fourth-order valence-electron chi connectivity index (χ4n) is 4.74. The van der Waals surface area contributed by atoms with Crippen LogP contribution in [0.1, 0.15) is 44.1 Å². The molecule has 1 atom stereocenters. The van der Waals surface area contributed by atoms with E-state index < -0.39 is 10.0 Å². The molecule has 2 fully saturated rings. The Morgan fingerprint density at radius 1 is 0.909 bits per heavy atom. The minimum Gasteiger partial charge on any atom is -0.371 e. The third kappa shape index (κ3) is 6.36. The van der Waals surface area contributed by atoms with E-state index in [0.29, 0.717) is 43.3 Å². The summed E-state index contributed by atoms with van der Waals surface area (Å²) in [5.74, 6) is 0.520. The van der Waals surface area contributed by atoms with Crippen LogP contribution >= 0.6 is 0 Å². The molecule has 2 aromatic rings. The highest BCUT2D eigenvalue weighted by Gasteiger charge is 2.25. The average molecular weight is 470 g/mol. The summed E-state index contributed by atoms with van der Waals surface area (Å²) in [5, 5.41) is 3.08. The molecule has 1 N–H and O–H groups in total. The summed E-state index contributed by atoms with van der Waals surface area (Å²) in [5.41, 5.74) is 2.23. The van der Waals surface area contributed by atoms with Crippen LogP contribution in [0.25, 0.3) is 0 Å². The van der Waals surface area contributed by atoms with Crippen LogP contribution in [0.5, 0.6) is 0 Å². The Bertz CT molecular complexity index is 1000. The number of sulfonamides is 1. The van der Waals surface area contributed by atoms with Crippen molar-refractivity contribution >= 4 is 21.6 Å². The lowest BCUT2D eigenvalue weighted by Gasteiger charge is -2.20. The van der Waals surface area contributed by atoms with Gasteiger partial charge < -0.3 is 10.2 Å². The summed E-state index contributed by atoms with van der Waals surface area (Å²) in [6.07, 6.45) is 6.15. The van der Waals surface area contributed by atoms with Crippen molar-refractivity contribution in [2.75, 3.05) is 37.6 Å². The van der Waals surface area contributed by atoms with E-state index in [1.54, 1.807) is 16.4 Å². The first-order chi connectivity index (χ1) is 16.0. The molecule has 0 spiro atoms. The number of aryl methyl sites for hydroxylation is 1. The largest absolute Gasteiger partial charge is 0.371 e. The molecule has 7 heteroatoms. The number of amides is 1. The molecule has 2 aliphatic rings. The molecular formula is C26H35N3O3S. The zero-order valence-electron chi connectivity index (χ0n) is 19.3. The number of benzene rings is 2. The smallest absolute Gasteiger partial charge is 0.243 e. The molecule has 1 amide bonds. The van der Waals surface area contributed by atoms with Gasteiger partial charge in [-0.1, -0.05) is 43.2 Å². The van der Waals surface area contributed by atoms with Gasteiger partial charge in [0.1, 0.15) is 0 Å². The topological polar surface area (TPSA) is 69.7 Å². The number of nitrogens with zero attached hydrogens (tertiary/aromatic N) is 2. The van der Waals surface area contributed by atoms with Gasteiger partial charge in [0.2, 0.25) is 15.9 Å². The maximum atomic E-state index is 12.9. The highest BCUT2D eigenvalue weighted by molar-refractivity contribution is 7.89. The summed E-state index contributed by atoms with van der Waals surface area (Å²) in [6.45, 7) is 3.91. The molecule has 33 heavy (non-hydrogen) atoms. The molecule has 2 aliphatic heterocycles. The molecule has 0 aromatic heterocycles. The quantitative estimate of drug-likeness (QED) is 0.638. The minimum atomic E-state index is -3.43. The zero-order valence-corrected chi connectivity index (χ0v) is 20.1. The molecule has 4 rings (SSSR count). The second kappa shape index (κ2) is 11.2. The number of nitrogens with one attached hydrogen (secondary N) is 1. The lowest BCUT2D eigenvalue weighted by atomic mass is 10.1. The fourth-order valence-corrected chi connectivity index (χ4v) is 6.25. The van der Waals surface area contributed by atoms with Crippen LogP contribution < -0.4 is 10.2 Å². The van der Waals surface area contributed by atoms with E-state index in [1.165, 1.54) is 5.69 Å². The van der Waals surface area contributed by atoms with Crippen molar-refractivity contribution in [2.24, 2.45) is 5.92 Å². The Morgan fingerprint density at radius 2 is 1.61 bits per heavy atom. The van der Waals surface area contributed by atoms with E-state index >= 15 is 0 Å². The van der Waals surface area contributed by atoms with Crippen molar-refractivity contribution in [3.63, 3.8) is 0 Å². The highest BCUT2D eigenvalue weighted by Crippen LogP contribution is 2.23. The van der Waals surface area contributed by atoms with E-state index in [4.69, 9.17) is 0 Å². The van der Waals surface area contributed by atoms with Gasteiger partial charge in [-0.3, -0.25) is 4.79 Å². The highest BCUT2D eigenvalue weighted by atomic mass is 32.2. The first kappa shape index (κ1) is 23.8. The van der Waals surface area contributed by atoms with Crippen molar-refractivity contribution in [1.82, 2.24) is 9.62 Å². The molecule has 2 aromatic carbocycles. The summed E-state index contributed by atoms with van der Waals surface area (Å²) >= 11 is 0. The average Bonchev–Trinajstić information content (AvgIpc) is 3.14. The monoisotopic (exact) mass is 469 g/mol. The van der Waals surface area contributed by atoms with Crippen molar-refractivity contribution in [3.8, 4) is 0 Å². The maximum Gasteiger partial charge on any atom is 0.243 e. The molecule has 0 radical (unpaired) electrons. The maximum absolute atomic E-state index is 12.9. The van der Waals surface area contributed by atoms with E-state index in [9.17, 15) is 13.2 Å². The second-order valence-electron chi connectivity index (χ2n) is 9.20. The number of hydrogen-bond donors (Lipinski definition) is 1. The first-order valence-electron chi connectivity index (χ1n) is 12.2. The van der Waals surface area contributed by atoms with E-state index in [0.717, 1.165) is 50.8 Å². The van der Waals surface area contributed by atoms with Crippen LogP contribution in [0.2, 0.25) is 0 Å². The Hall–Kier alpha value is -2.38. The molecule has 0 saturated carbocycles. The predicted octanol–water partition coefficient (Wildman–Crippen LogP) is 3.83. The van der Waals surface area contributed by atoms with Crippen LogP contribution in [0, 0.1) is 5.92 Å². The lowest BCUT2D eigenvalue weighted by Crippen LogP contribution is -2.32. The van der Waals surface area contributed by atoms with Crippen LogP contribution in [0.15, 0.2) is 59.5 Å². The van der Waals surface area contributed by atoms with Gasteiger partial charge in [-0.2, -0.15) is 4.31 Å². The predicted molar refractivity (Wildman–Crippen MR) is 132 cm³/mol. The Morgan fingerprint density at radius 3 is 2.30 bits per heavy atom. The SMILES string of the molecule is O=C(CCc1ccc(S(=O)(=O)N2CCCCCC2)cc1)NCC1CCN(c2ccccc2)C1. The van der Waals surface area contributed by atoms with Crippen LogP contribution in [0.3, 0.4) is 0 Å². The number of hydrogen-bond acceptors (Lipinski definition) is 4.